The van der Waals surface area contributed by atoms with Gasteiger partial charge in [-0.1, -0.05) is 29.3 Å². The molecule has 0 bridgehead atoms. The van der Waals surface area contributed by atoms with Gasteiger partial charge in [-0.25, -0.2) is 13.1 Å². The number of halogens is 1. The fourth-order valence-electron chi connectivity index (χ4n) is 2.40. The molecule has 0 saturated heterocycles. The first-order chi connectivity index (χ1) is 9.80. The lowest BCUT2D eigenvalue weighted by atomic mass is 10.0. The zero-order valence-electron chi connectivity index (χ0n) is 11.6. The maximum Gasteiger partial charge on any atom is 0.289 e. The first kappa shape index (κ1) is 16.4. The largest absolute Gasteiger partial charge is 0.289 e. The van der Waals surface area contributed by atoms with Crippen LogP contribution in [-0.2, 0) is 10.0 Å². The smallest absolute Gasteiger partial charge is 0.258 e. The van der Waals surface area contributed by atoms with Gasteiger partial charge in [0.2, 0.25) is 10.0 Å². The molecule has 0 aliphatic heterocycles. The molecule has 116 valence electrons. The number of sulfonamides is 1. The molecule has 8 heteroatoms. The molecule has 0 spiro atoms. The Morgan fingerprint density at radius 3 is 2.62 bits per heavy atom. The molecule has 0 radical (unpaired) electrons. The van der Waals surface area contributed by atoms with E-state index in [4.69, 9.17) is 0 Å². The Morgan fingerprint density at radius 2 is 2.10 bits per heavy atom. The molecule has 1 saturated carbocycles. The molecule has 0 unspecified atom stereocenters. The molecule has 0 atom stereocenters. The van der Waals surface area contributed by atoms with Gasteiger partial charge in [0.25, 0.3) is 5.69 Å². The first-order valence-corrected chi connectivity index (χ1v) is 9.01. The van der Waals surface area contributed by atoms with Crippen LogP contribution < -0.4 is 4.72 Å². The summed E-state index contributed by atoms with van der Waals surface area (Å²) in [5.41, 5.74) is -0.367. The van der Waals surface area contributed by atoms with Crippen LogP contribution in [0.1, 0.15) is 32.6 Å². The molecule has 2 rings (SSSR count). The highest BCUT2D eigenvalue weighted by molar-refractivity contribution is 9.10. The van der Waals surface area contributed by atoms with Crippen molar-refractivity contribution in [1.29, 1.82) is 0 Å². The number of nitro groups is 1. The van der Waals surface area contributed by atoms with Gasteiger partial charge in [0, 0.05) is 17.1 Å². The molecule has 0 aromatic heterocycles. The van der Waals surface area contributed by atoms with Crippen molar-refractivity contribution in [3.8, 4) is 0 Å². The lowest BCUT2D eigenvalue weighted by Gasteiger charge is -2.15. The van der Waals surface area contributed by atoms with Crippen molar-refractivity contribution in [3.63, 3.8) is 0 Å². The quantitative estimate of drug-likeness (QED) is 0.584. The Hall–Kier alpha value is -0.990. The number of nitrogens with zero attached hydrogens (tertiary/aromatic N) is 1. The summed E-state index contributed by atoms with van der Waals surface area (Å²) in [5.74, 6) is 0. The summed E-state index contributed by atoms with van der Waals surface area (Å²) in [6.07, 6.45) is 3.97. The molecule has 6 nitrogen and oxygen atoms in total. The van der Waals surface area contributed by atoms with E-state index in [1.165, 1.54) is 18.2 Å². The standard InChI is InChI=1S/C13H17BrN2O4S/c1-2-5-13(6-7-13)9-15-21(19,20)12-8-10(14)3-4-11(12)16(17)18/h3-4,8,15H,2,5-7,9H2,1H3. The van der Waals surface area contributed by atoms with Crippen molar-refractivity contribution in [2.75, 3.05) is 6.54 Å². The molecular formula is C13H17BrN2O4S. The molecular weight excluding hydrogens is 360 g/mol. The van der Waals surface area contributed by atoms with Gasteiger partial charge in [0.05, 0.1) is 4.92 Å². The summed E-state index contributed by atoms with van der Waals surface area (Å²) in [5, 5.41) is 11.0. The molecule has 1 aliphatic carbocycles. The molecule has 0 heterocycles. The predicted molar refractivity (Wildman–Crippen MR) is 82.6 cm³/mol. The fourth-order valence-corrected chi connectivity index (χ4v) is 4.27. The number of hydrogen-bond donors (Lipinski definition) is 1. The van der Waals surface area contributed by atoms with E-state index in [0.717, 1.165) is 25.7 Å². The summed E-state index contributed by atoms with van der Waals surface area (Å²) in [7, 11) is -3.89. The highest BCUT2D eigenvalue weighted by Gasteiger charge is 2.42. The Labute approximate surface area is 132 Å². The Balaban J connectivity index is 2.23. The number of hydrogen-bond acceptors (Lipinski definition) is 4. The fraction of sp³-hybridized carbons (Fsp3) is 0.538. The molecule has 1 aromatic carbocycles. The molecule has 21 heavy (non-hydrogen) atoms. The van der Waals surface area contributed by atoms with Crippen LogP contribution in [0.4, 0.5) is 5.69 Å². The first-order valence-electron chi connectivity index (χ1n) is 6.73. The van der Waals surface area contributed by atoms with Crippen LogP contribution in [0.15, 0.2) is 27.6 Å². The van der Waals surface area contributed by atoms with Crippen LogP contribution in [0.5, 0.6) is 0 Å². The minimum absolute atomic E-state index is 0.0443. The zero-order chi connectivity index (χ0) is 15.7. The van der Waals surface area contributed by atoms with E-state index in [2.05, 4.69) is 27.6 Å². The van der Waals surface area contributed by atoms with Gasteiger partial charge in [0.1, 0.15) is 0 Å². The van der Waals surface area contributed by atoms with Crippen LogP contribution in [0.3, 0.4) is 0 Å². The molecule has 1 aromatic rings. The molecule has 1 aliphatic rings. The second-order valence-corrected chi connectivity index (χ2v) is 8.09. The second kappa shape index (κ2) is 6.02. The van der Waals surface area contributed by atoms with Crippen molar-refractivity contribution >= 4 is 31.6 Å². The highest BCUT2D eigenvalue weighted by Crippen LogP contribution is 2.49. The van der Waals surface area contributed by atoms with Crippen molar-refractivity contribution in [2.45, 2.75) is 37.5 Å². The van der Waals surface area contributed by atoms with Crippen LogP contribution >= 0.6 is 15.9 Å². The molecule has 1 fully saturated rings. The van der Waals surface area contributed by atoms with Crippen molar-refractivity contribution < 1.29 is 13.3 Å². The lowest BCUT2D eigenvalue weighted by molar-refractivity contribution is -0.387. The molecule has 1 N–H and O–H groups in total. The maximum absolute atomic E-state index is 12.4. The van der Waals surface area contributed by atoms with E-state index in [0.29, 0.717) is 11.0 Å². The van der Waals surface area contributed by atoms with Crippen molar-refractivity contribution in [3.05, 3.63) is 32.8 Å². The number of rotatable bonds is 7. The van der Waals surface area contributed by atoms with Crippen LogP contribution in [-0.4, -0.2) is 19.9 Å². The Bertz CT molecular complexity index is 656. The average Bonchev–Trinajstić information content (AvgIpc) is 3.17. The van der Waals surface area contributed by atoms with E-state index in [1.54, 1.807) is 0 Å². The molecule has 0 amide bonds. The van der Waals surface area contributed by atoms with Gasteiger partial charge in [-0.15, -0.1) is 0 Å². The van der Waals surface area contributed by atoms with Crippen LogP contribution in [0.2, 0.25) is 0 Å². The SMILES string of the molecule is CCCC1(CNS(=O)(=O)c2cc(Br)ccc2[N+](=O)[O-])CC1. The third-order valence-corrected chi connectivity index (χ3v) is 5.71. The number of nitro benzene ring substituents is 1. The second-order valence-electron chi connectivity index (χ2n) is 5.44. The van der Waals surface area contributed by atoms with E-state index in [-0.39, 0.29) is 10.3 Å². The lowest BCUT2D eigenvalue weighted by Crippen LogP contribution is -2.30. The van der Waals surface area contributed by atoms with Crippen LogP contribution in [0, 0.1) is 15.5 Å². The van der Waals surface area contributed by atoms with Gasteiger partial charge >= 0.3 is 0 Å². The van der Waals surface area contributed by atoms with Gasteiger partial charge in [-0.3, -0.25) is 10.1 Å². The van der Waals surface area contributed by atoms with E-state index in [9.17, 15) is 18.5 Å². The van der Waals surface area contributed by atoms with Gasteiger partial charge in [-0.05, 0) is 36.8 Å². The monoisotopic (exact) mass is 376 g/mol. The Kier molecular flexibility index (Phi) is 4.69. The Morgan fingerprint density at radius 1 is 1.43 bits per heavy atom. The zero-order valence-corrected chi connectivity index (χ0v) is 14.0. The van der Waals surface area contributed by atoms with E-state index in [1.807, 2.05) is 0 Å². The maximum atomic E-state index is 12.4. The third-order valence-electron chi connectivity index (χ3n) is 3.78. The van der Waals surface area contributed by atoms with Crippen LogP contribution in [0.25, 0.3) is 0 Å². The van der Waals surface area contributed by atoms with Gasteiger partial charge < -0.3 is 0 Å². The highest BCUT2D eigenvalue weighted by atomic mass is 79.9. The third kappa shape index (κ3) is 3.81. The van der Waals surface area contributed by atoms with E-state index < -0.39 is 20.6 Å². The van der Waals surface area contributed by atoms with Gasteiger partial charge in [0.15, 0.2) is 4.90 Å². The minimum atomic E-state index is -3.89. The summed E-state index contributed by atoms with van der Waals surface area (Å²) in [6.45, 7) is 2.40. The summed E-state index contributed by atoms with van der Waals surface area (Å²) >= 11 is 3.15. The summed E-state index contributed by atoms with van der Waals surface area (Å²) in [4.78, 5) is 10.0. The summed E-state index contributed by atoms with van der Waals surface area (Å²) in [6, 6.07) is 3.91. The summed E-state index contributed by atoms with van der Waals surface area (Å²) < 4.78 is 27.7. The van der Waals surface area contributed by atoms with Gasteiger partial charge in [-0.2, -0.15) is 0 Å². The predicted octanol–water partition coefficient (Wildman–Crippen LogP) is 3.22. The minimum Gasteiger partial charge on any atom is -0.258 e. The van der Waals surface area contributed by atoms with Crippen molar-refractivity contribution in [2.24, 2.45) is 5.41 Å². The normalized spacial score (nSPS) is 16.7. The van der Waals surface area contributed by atoms with E-state index >= 15 is 0 Å². The topological polar surface area (TPSA) is 89.3 Å². The average molecular weight is 377 g/mol. The number of benzene rings is 1. The van der Waals surface area contributed by atoms with Crippen molar-refractivity contribution in [1.82, 2.24) is 4.72 Å². The number of nitrogens with one attached hydrogen (secondary N) is 1.